The Morgan fingerprint density at radius 3 is 3.00 bits per heavy atom. The van der Waals surface area contributed by atoms with Crippen molar-refractivity contribution in [1.82, 2.24) is 5.32 Å². The zero-order chi connectivity index (χ0) is 13.9. The van der Waals surface area contributed by atoms with Crippen LogP contribution in [0.4, 0.5) is 0 Å². The van der Waals surface area contributed by atoms with Gasteiger partial charge in [0, 0.05) is 11.8 Å². The van der Waals surface area contributed by atoms with Crippen LogP contribution in [0.15, 0.2) is 22.8 Å². The number of aliphatic hydroxyl groups excluding tert-OH is 1. The first-order valence-corrected chi connectivity index (χ1v) is 6.81. The summed E-state index contributed by atoms with van der Waals surface area (Å²) < 4.78 is 10.0. The highest BCUT2D eigenvalue weighted by Crippen LogP contribution is 2.36. The number of carbonyl (C=O) groups is 2. The molecular weight excluding hydrogens is 270 g/mol. The Kier molecular flexibility index (Phi) is 4.28. The third-order valence-corrected chi connectivity index (χ3v) is 4.25. The second-order valence-corrected chi connectivity index (χ2v) is 5.53. The number of hydrogen-bond donors (Lipinski definition) is 2. The molecule has 1 fully saturated rings. The van der Waals surface area contributed by atoms with E-state index in [4.69, 9.17) is 9.15 Å². The van der Waals surface area contributed by atoms with E-state index in [1.807, 2.05) is 0 Å². The van der Waals surface area contributed by atoms with Crippen molar-refractivity contribution in [3.05, 3.63) is 24.2 Å². The average molecular weight is 285 g/mol. The molecule has 1 aliphatic rings. The number of rotatable bonds is 5. The minimum absolute atomic E-state index is 0.0895. The smallest absolute Gasteiger partial charge is 0.345 e. The van der Waals surface area contributed by atoms with Crippen molar-refractivity contribution in [2.75, 3.05) is 19.8 Å². The minimum atomic E-state index is -1.53. The maximum absolute atomic E-state index is 12.4. The van der Waals surface area contributed by atoms with Crippen molar-refractivity contribution >= 4 is 23.5 Å². The fourth-order valence-electron chi connectivity index (χ4n) is 1.85. The Hall–Kier alpha value is -1.31. The van der Waals surface area contributed by atoms with Gasteiger partial charge in [-0.25, -0.2) is 4.79 Å². The van der Waals surface area contributed by atoms with Gasteiger partial charge in [0.2, 0.25) is 10.7 Å². The fourth-order valence-corrected chi connectivity index (χ4v) is 3.12. The van der Waals surface area contributed by atoms with E-state index in [0.717, 1.165) is 11.8 Å². The molecule has 6 nitrogen and oxygen atoms in total. The molecule has 19 heavy (non-hydrogen) atoms. The van der Waals surface area contributed by atoms with Gasteiger partial charge >= 0.3 is 5.97 Å². The van der Waals surface area contributed by atoms with Crippen LogP contribution in [0.25, 0.3) is 0 Å². The van der Waals surface area contributed by atoms with E-state index >= 15 is 0 Å². The van der Waals surface area contributed by atoms with Crippen LogP contribution in [0.3, 0.4) is 0 Å². The number of Topliss-reactive ketones (excluding diaryl/α,β-unsaturated/α-hetero) is 1. The van der Waals surface area contributed by atoms with Crippen molar-refractivity contribution < 1.29 is 23.8 Å². The first-order valence-electron chi connectivity index (χ1n) is 5.93. The van der Waals surface area contributed by atoms with Gasteiger partial charge in [-0.1, -0.05) is 0 Å². The predicted octanol–water partition coefficient (Wildman–Crippen LogP) is 0.419. The third kappa shape index (κ3) is 2.54. The van der Waals surface area contributed by atoms with Crippen molar-refractivity contribution in [3.63, 3.8) is 0 Å². The number of nitrogens with one attached hydrogen (secondary N) is 1. The van der Waals surface area contributed by atoms with Gasteiger partial charge in [0.15, 0.2) is 5.76 Å². The van der Waals surface area contributed by atoms with Gasteiger partial charge in [0.1, 0.15) is 0 Å². The van der Waals surface area contributed by atoms with E-state index in [2.05, 4.69) is 5.32 Å². The Labute approximate surface area is 114 Å². The highest BCUT2D eigenvalue weighted by molar-refractivity contribution is 8.03. The van der Waals surface area contributed by atoms with Gasteiger partial charge in [-0.05, 0) is 19.1 Å². The van der Waals surface area contributed by atoms with Crippen molar-refractivity contribution in [3.8, 4) is 0 Å². The van der Waals surface area contributed by atoms with Crippen LogP contribution in [0, 0.1) is 0 Å². The second-order valence-electron chi connectivity index (χ2n) is 4.01. The summed E-state index contributed by atoms with van der Waals surface area (Å²) in [5.74, 6) is -1.05. The highest BCUT2D eigenvalue weighted by atomic mass is 32.2. The van der Waals surface area contributed by atoms with E-state index < -0.39 is 16.6 Å². The molecule has 0 aromatic carbocycles. The molecule has 0 radical (unpaired) electrons. The van der Waals surface area contributed by atoms with E-state index in [-0.39, 0.29) is 24.2 Å². The zero-order valence-electron chi connectivity index (χ0n) is 10.4. The number of carbonyl (C=O) groups excluding carboxylic acids is 2. The normalized spacial score (nSPS) is 26.3. The van der Waals surface area contributed by atoms with Gasteiger partial charge in [-0.15, -0.1) is 11.8 Å². The maximum Gasteiger partial charge on any atom is 0.345 e. The Bertz CT molecular complexity index is 461. The van der Waals surface area contributed by atoms with Gasteiger partial charge in [0.25, 0.3) is 0 Å². The standard InChI is InChI=1S/C12H15NO5S/c1-2-17-11(16)12(13-6-8(7-14)19-12)10(15)9-4-3-5-18-9/h3-5,8,13-14H,2,6-7H2,1H3. The lowest BCUT2D eigenvalue weighted by Gasteiger charge is -2.23. The quantitative estimate of drug-likeness (QED) is 0.460. The molecular formula is C12H15NO5S. The molecule has 2 unspecified atom stereocenters. The molecule has 2 N–H and O–H groups in total. The van der Waals surface area contributed by atoms with E-state index in [0.29, 0.717) is 6.54 Å². The Morgan fingerprint density at radius 2 is 2.47 bits per heavy atom. The lowest BCUT2D eigenvalue weighted by molar-refractivity contribution is -0.145. The maximum atomic E-state index is 12.4. The largest absolute Gasteiger partial charge is 0.464 e. The molecule has 0 bridgehead atoms. The Morgan fingerprint density at radius 1 is 1.68 bits per heavy atom. The van der Waals surface area contributed by atoms with Crippen molar-refractivity contribution in [2.45, 2.75) is 17.0 Å². The molecule has 7 heteroatoms. The molecule has 1 aromatic rings. The van der Waals surface area contributed by atoms with Crippen LogP contribution in [0.5, 0.6) is 0 Å². The summed E-state index contributed by atoms with van der Waals surface area (Å²) in [6.45, 7) is 2.08. The first-order chi connectivity index (χ1) is 9.14. The molecule has 2 heterocycles. The summed E-state index contributed by atoms with van der Waals surface area (Å²) in [6, 6.07) is 3.08. The Balaban J connectivity index is 2.30. The van der Waals surface area contributed by atoms with Gasteiger partial charge in [-0.3, -0.25) is 10.1 Å². The van der Waals surface area contributed by atoms with Crippen LogP contribution < -0.4 is 5.32 Å². The van der Waals surface area contributed by atoms with Crippen LogP contribution in [-0.2, 0) is 9.53 Å². The summed E-state index contributed by atoms with van der Waals surface area (Å²) in [7, 11) is 0. The summed E-state index contributed by atoms with van der Waals surface area (Å²) in [6.07, 6.45) is 1.37. The van der Waals surface area contributed by atoms with Crippen LogP contribution >= 0.6 is 11.8 Å². The summed E-state index contributed by atoms with van der Waals surface area (Å²) >= 11 is 1.07. The van der Waals surface area contributed by atoms with Crippen LogP contribution in [0.1, 0.15) is 17.5 Å². The van der Waals surface area contributed by atoms with Crippen LogP contribution in [-0.4, -0.2) is 46.7 Å². The van der Waals surface area contributed by atoms with E-state index in [1.54, 1.807) is 13.0 Å². The molecule has 1 saturated heterocycles. The van der Waals surface area contributed by atoms with Gasteiger partial charge in [0.05, 0.1) is 19.5 Å². The van der Waals surface area contributed by atoms with Crippen molar-refractivity contribution in [2.24, 2.45) is 0 Å². The molecule has 0 amide bonds. The summed E-state index contributed by atoms with van der Waals surface area (Å²) in [4.78, 5) is 23.0. The molecule has 0 saturated carbocycles. The SMILES string of the molecule is CCOC(=O)C1(C(=O)c2ccco2)NCC(CO)S1. The number of thioether (sulfide) groups is 1. The van der Waals surface area contributed by atoms with E-state index in [1.165, 1.54) is 12.3 Å². The number of hydrogen-bond acceptors (Lipinski definition) is 7. The zero-order valence-corrected chi connectivity index (χ0v) is 11.2. The number of ether oxygens (including phenoxy) is 1. The van der Waals surface area contributed by atoms with Gasteiger partial charge in [-0.2, -0.15) is 0 Å². The molecule has 0 aliphatic carbocycles. The fraction of sp³-hybridized carbons (Fsp3) is 0.500. The summed E-state index contributed by atoms with van der Waals surface area (Å²) in [5.41, 5.74) is 0. The second kappa shape index (κ2) is 5.77. The first kappa shape index (κ1) is 14.1. The summed E-state index contributed by atoms with van der Waals surface area (Å²) in [5, 5.41) is 11.8. The van der Waals surface area contributed by atoms with Crippen LogP contribution in [0.2, 0.25) is 0 Å². The lowest BCUT2D eigenvalue weighted by atomic mass is 10.1. The van der Waals surface area contributed by atoms with E-state index in [9.17, 15) is 14.7 Å². The number of aliphatic hydroxyl groups is 1. The molecule has 1 aliphatic heterocycles. The highest BCUT2D eigenvalue weighted by Gasteiger charge is 2.54. The number of furan rings is 1. The third-order valence-electron chi connectivity index (χ3n) is 2.75. The average Bonchev–Trinajstić information content (AvgIpc) is 3.08. The number of esters is 1. The molecule has 0 spiro atoms. The molecule has 1 aromatic heterocycles. The van der Waals surface area contributed by atoms with Crippen molar-refractivity contribution in [1.29, 1.82) is 0 Å². The molecule has 2 rings (SSSR count). The predicted molar refractivity (Wildman–Crippen MR) is 68.9 cm³/mol. The minimum Gasteiger partial charge on any atom is -0.464 e. The molecule has 2 atom stereocenters. The molecule has 104 valence electrons. The monoisotopic (exact) mass is 285 g/mol. The number of ketones is 1. The lowest BCUT2D eigenvalue weighted by Crippen LogP contribution is -2.53. The topological polar surface area (TPSA) is 88.8 Å². The van der Waals surface area contributed by atoms with Gasteiger partial charge < -0.3 is 14.3 Å².